The molecule has 0 aliphatic rings. The van der Waals surface area contributed by atoms with Gasteiger partial charge in [0, 0.05) is 24.0 Å². The fraction of sp³-hybridized carbons (Fsp3) is 0.357. The Bertz CT molecular complexity index is 612. The number of alkyl halides is 2. The maximum Gasteiger partial charge on any atom is 0.372 e. The third-order valence-corrected chi connectivity index (χ3v) is 2.86. The Balaban J connectivity index is 1.97. The Morgan fingerprint density at radius 3 is 2.86 bits per heavy atom. The van der Waals surface area contributed by atoms with Crippen LogP contribution in [0.5, 0.6) is 0 Å². The van der Waals surface area contributed by atoms with Crippen LogP contribution in [0, 0.1) is 0 Å². The van der Waals surface area contributed by atoms with Crippen molar-refractivity contribution in [1.29, 1.82) is 0 Å². The Hall–Kier alpha value is -1.99. The van der Waals surface area contributed by atoms with Crippen molar-refractivity contribution in [3.63, 3.8) is 0 Å². The summed E-state index contributed by atoms with van der Waals surface area (Å²) in [5, 5.41) is 12.8. The van der Waals surface area contributed by atoms with E-state index >= 15 is 0 Å². The largest absolute Gasteiger partial charge is 0.475 e. The van der Waals surface area contributed by atoms with Gasteiger partial charge in [0.15, 0.2) is 0 Å². The van der Waals surface area contributed by atoms with Gasteiger partial charge in [0.2, 0.25) is 5.76 Å². The maximum atomic E-state index is 11.9. The Morgan fingerprint density at radius 2 is 2.14 bits per heavy atom. The SMILES string of the molecule is O=C(O)c1oc2ccccc2c1CNCCOCC(F)F. The van der Waals surface area contributed by atoms with Gasteiger partial charge in [-0.1, -0.05) is 18.2 Å². The van der Waals surface area contributed by atoms with Crippen molar-refractivity contribution in [1.82, 2.24) is 5.32 Å². The molecular weight excluding hydrogens is 284 g/mol. The monoisotopic (exact) mass is 299 g/mol. The minimum atomic E-state index is -2.48. The molecule has 0 amide bonds. The van der Waals surface area contributed by atoms with E-state index in [1.807, 2.05) is 0 Å². The van der Waals surface area contributed by atoms with E-state index in [2.05, 4.69) is 5.32 Å². The number of benzene rings is 1. The van der Waals surface area contributed by atoms with Crippen molar-refractivity contribution >= 4 is 16.9 Å². The molecule has 0 unspecified atom stereocenters. The lowest BCUT2D eigenvalue weighted by Crippen LogP contribution is -2.21. The highest BCUT2D eigenvalue weighted by Crippen LogP contribution is 2.25. The molecule has 21 heavy (non-hydrogen) atoms. The van der Waals surface area contributed by atoms with Crippen LogP contribution in [-0.2, 0) is 11.3 Å². The third-order valence-electron chi connectivity index (χ3n) is 2.86. The number of para-hydroxylation sites is 1. The summed E-state index contributed by atoms with van der Waals surface area (Å²) in [5.74, 6) is -1.26. The molecule has 1 aromatic heterocycles. The van der Waals surface area contributed by atoms with Crippen molar-refractivity contribution in [2.24, 2.45) is 0 Å². The van der Waals surface area contributed by atoms with Crippen LogP contribution in [0.25, 0.3) is 11.0 Å². The number of carbonyl (C=O) groups is 1. The fourth-order valence-corrected chi connectivity index (χ4v) is 1.98. The number of carboxylic acids is 1. The van der Waals surface area contributed by atoms with Gasteiger partial charge in [-0.2, -0.15) is 0 Å². The highest BCUT2D eigenvalue weighted by Gasteiger charge is 2.18. The van der Waals surface area contributed by atoms with Crippen LogP contribution in [0.4, 0.5) is 8.78 Å². The van der Waals surface area contributed by atoms with Crippen LogP contribution >= 0.6 is 0 Å². The Kier molecular flexibility index (Phi) is 5.24. The summed E-state index contributed by atoms with van der Waals surface area (Å²) >= 11 is 0. The second-order valence-electron chi connectivity index (χ2n) is 4.35. The van der Waals surface area contributed by atoms with Crippen LogP contribution in [0.3, 0.4) is 0 Å². The van der Waals surface area contributed by atoms with Crippen LogP contribution in [0.2, 0.25) is 0 Å². The minimum Gasteiger partial charge on any atom is -0.475 e. The summed E-state index contributed by atoms with van der Waals surface area (Å²) < 4.78 is 33.7. The summed E-state index contributed by atoms with van der Waals surface area (Å²) in [6.45, 7) is 0.126. The third kappa shape index (κ3) is 3.99. The average Bonchev–Trinajstić information content (AvgIpc) is 2.81. The zero-order valence-corrected chi connectivity index (χ0v) is 11.1. The van der Waals surface area contributed by atoms with Crippen LogP contribution in [0.1, 0.15) is 16.1 Å². The number of hydrogen-bond donors (Lipinski definition) is 2. The molecule has 0 aliphatic carbocycles. The van der Waals surface area contributed by atoms with E-state index in [1.165, 1.54) is 0 Å². The van der Waals surface area contributed by atoms with Gasteiger partial charge in [-0.3, -0.25) is 0 Å². The Morgan fingerprint density at radius 1 is 1.38 bits per heavy atom. The summed E-state index contributed by atoms with van der Waals surface area (Å²) in [4.78, 5) is 11.2. The number of nitrogens with one attached hydrogen (secondary N) is 1. The lowest BCUT2D eigenvalue weighted by Gasteiger charge is -2.05. The minimum absolute atomic E-state index is 0.114. The standard InChI is InChI=1S/C14H15F2NO4/c15-12(16)8-20-6-5-17-7-10-9-3-1-2-4-11(9)21-13(10)14(18)19/h1-4,12,17H,5-8H2,(H,18,19). The molecule has 0 radical (unpaired) electrons. The first-order valence-electron chi connectivity index (χ1n) is 6.40. The van der Waals surface area contributed by atoms with Gasteiger partial charge in [0.25, 0.3) is 6.43 Å². The first-order valence-corrected chi connectivity index (χ1v) is 6.40. The smallest absolute Gasteiger partial charge is 0.372 e. The molecule has 2 rings (SSSR count). The first-order chi connectivity index (χ1) is 10.1. The van der Waals surface area contributed by atoms with Crippen molar-refractivity contribution in [3.8, 4) is 0 Å². The maximum absolute atomic E-state index is 11.9. The van der Waals surface area contributed by atoms with E-state index in [0.717, 1.165) is 5.39 Å². The number of furan rings is 1. The molecule has 5 nitrogen and oxygen atoms in total. The normalized spacial score (nSPS) is 11.4. The molecule has 0 atom stereocenters. The summed E-state index contributed by atoms with van der Waals surface area (Å²) in [7, 11) is 0. The zero-order valence-electron chi connectivity index (χ0n) is 11.1. The van der Waals surface area contributed by atoms with E-state index in [0.29, 0.717) is 17.7 Å². The molecule has 0 spiro atoms. The van der Waals surface area contributed by atoms with E-state index in [4.69, 9.17) is 14.3 Å². The quantitative estimate of drug-likeness (QED) is 0.733. The second-order valence-corrected chi connectivity index (χ2v) is 4.35. The number of fused-ring (bicyclic) bond motifs is 1. The molecule has 0 fully saturated rings. The van der Waals surface area contributed by atoms with E-state index in [9.17, 15) is 13.6 Å². The molecule has 0 saturated carbocycles. The molecule has 0 saturated heterocycles. The molecule has 2 N–H and O–H groups in total. The van der Waals surface area contributed by atoms with Crippen molar-refractivity contribution in [3.05, 3.63) is 35.6 Å². The summed E-state index contributed by atoms with van der Waals surface area (Å²) in [6.07, 6.45) is -2.48. The van der Waals surface area contributed by atoms with Gasteiger partial charge < -0.3 is 19.6 Å². The van der Waals surface area contributed by atoms with Gasteiger partial charge in [-0.15, -0.1) is 0 Å². The van der Waals surface area contributed by atoms with Gasteiger partial charge in [0.1, 0.15) is 12.2 Å². The zero-order chi connectivity index (χ0) is 15.2. The molecule has 1 heterocycles. The number of aromatic carboxylic acids is 1. The molecule has 0 aliphatic heterocycles. The van der Waals surface area contributed by atoms with Gasteiger partial charge in [0.05, 0.1) is 6.61 Å². The number of carboxylic acid groups (broad SMARTS) is 1. The molecular formula is C14H15F2NO4. The highest BCUT2D eigenvalue weighted by atomic mass is 19.3. The van der Waals surface area contributed by atoms with Crippen LogP contribution in [-0.4, -0.2) is 37.3 Å². The Labute approximate surface area is 119 Å². The lowest BCUT2D eigenvalue weighted by atomic mass is 10.1. The average molecular weight is 299 g/mol. The lowest BCUT2D eigenvalue weighted by molar-refractivity contribution is 0.0187. The van der Waals surface area contributed by atoms with E-state index < -0.39 is 19.0 Å². The molecule has 1 aromatic carbocycles. The topological polar surface area (TPSA) is 71.7 Å². The molecule has 114 valence electrons. The summed E-state index contributed by atoms with van der Waals surface area (Å²) in [5.41, 5.74) is 1.03. The van der Waals surface area contributed by atoms with Crippen LogP contribution < -0.4 is 5.32 Å². The van der Waals surface area contributed by atoms with E-state index in [1.54, 1.807) is 24.3 Å². The van der Waals surface area contributed by atoms with Crippen LogP contribution in [0.15, 0.2) is 28.7 Å². The van der Waals surface area contributed by atoms with Gasteiger partial charge in [-0.25, -0.2) is 13.6 Å². The fourth-order valence-electron chi connectivity index (χ4n) is 1.98. The highest BCUT2D eigenvalue weighted by molar-refractivity contribution is 5.95. The predicted molar refractivity (Wildman–Crippen MR) is 71.7 cm³/mol. The van der Waals surface area contributed by atoms with Crippen molar-refractivity contribution < 1.29 is 27.8 Å². The van der Waals surface area contributed by atoms with Crippen molar-refractivity contribution in [2.45, 2.75) is 13.0 Å². The molecule has 0 bridgehead atoms. The first kappa shape index (κ1) is 15.4. The van der Waals surface area contributed by atoms with E-state index in [-0.39, 0.29) is 18.9 Å². The van der Waals surface area contributed by atoms with Crippen molar-refractivity contribution in [2.75, 3.05) is 19.8 Å². The summed E-state index contributed by atoms with van der Waals surface area (Å²) in [6, 6.07) is 7.01. The molecule has 7 heteroatoms. The number of rotatable bonds is 8. The van der Waals surface area contributed by atoms with Gasteiger partial charge in [-0.05, 0) is 6.07 Å². The number of ether oxygens (including phenoxy) is 1. The number of halogens is 2. The van der Waals surface area contributed by atoms with Gasteiger partial charge >= 0.3 is 5.97 Å². The number of hydrogen-bond acceptors (Lipinski definition) is 4. The second kappa shape index (κ2) is 7.14. The molecule has 2 aromatic rings. The predicted octanol–water partition coefficient (Wildman–Crippen LogP) is 2.50.